The second-order valence-corrected chi connectivity index (χ2v) is 8.18. The Morgan fingerprint density at radius 3 is 2.82 bits per heavy atom. The van der Waals surface area contributed by atoms with Crippen molar-refractivity contribution in [2.24, 2.45) is 4.99 Å². The second-order valence-electron chi connectivity index (χ2n) is 7.74. The van der Waals surface area contributed by atoms with Gasteiger partial charge in [-0.1, -0.05) is 17.7 Å². The van der Waals surface area contributed by atoms with Gasteiger partial charge in [0.15, 0.2) is 5.96 Å². The fourth-order valence-corrected chi connectivity index (χ4v) is 4.11. The highest BCUT2D eigenvalue weighted by atomic mass is 35.5. The van der Waals surface area contributed by atoms with Crippen LogP contribution in [0.15, 0.2) is 29.3 Å². The summed E-state index contributed by atoms with van der Waals surface area (Å²) in [5, 5.41) is 17.3. The first-order valence-corrected chi connectivity index (χ1v) is 11.0. The first kappa shape index (κ1) is 21.2. The van der Waals surface area contributed by atoms with E-state index >= 15 is 0 Å². The molecule has 0 radical (unpaired) electrons. The molecule has 2 heterocycles. The molecular formula is C21H34ClN5O. The Bertz CT molecular complexity index is 633. The summed E-state index contributed by atoms with van der Waals surface area (Å²) in [5.74, 6) is 0.912. The van der Waals surface area contributed by atoms with E-state index in [9.17, 15) is 5.11 Å². The minimum Gasteiger partial charge on any atom is -0.393 e. The zero-order chi connectivity index (χ0) is 19.8. The van der Waals surface area contributed by atoms with Crippen LogP contribution in [0.2, 0.25) is 5.02 Å². The average Bonchev–Trinajstić information content (AvgIpc) is 3.15. The van der Waals surface area contributed by atoms with E-state index in [1.54, 1.807) is 0 Å². The molecule has 3 N–H and O–H groups in total. The van der Waals surface area contributed by atoms with Crippen LogP contribution in [0.4, 0.5) is 5.69 Å². The van der Waals surface area contributed by atoms with Gasteiger partial charge >= 0.3 is 0 Å². The number of nitrogens with one attached hydrogen (secondary N) is 2. The first-order valence-electron chi connectivity index (χ1n) is 10.6. The summed E-state index contributed by atoms with van der Waals surface area (Å²) in [6, 6.07) is 8.46. The SMILES string of the molecule is CCNC(=NCCCN1CCC(O)CC1)NC1CCN(c2cccc(Cl)c2)C1. The summed E-state index contributed by atoms with van der Waals surface area (Å²) >= 11 is 6.13. The van der Waals surface area contributed by atoms with Gasteiger partial charge in [0.05, 0.1) is 6.10 Å². The number of hydrogen-bond donors (Lipinski definition) is 3. The number of benzene rings is 1. The third-order valence-electron chi connectivity index (χ3n) is 5.51. The normalized spacial score (nSPS) is 21.9. The Hall–Kier alpha value is -1.50. The quantitative estimate of drug-likeness (QED) is 0.368. The highest BCUT2D eigenvalue weighted by molar-refractivity contribution is 6.30. The summed E-state index contributed by atoms with van der Waals surface area (Å²) in [4.78, 5) is 9.57. The summed E-state index contributed by atoms with van der Waals surface area (Å²) < 4.78 is 0. The molecule has 7 heteroatoms. The van der Waals surface area contributed by atoms with Gasteiger partial charge in [-0.3, -0.25) is 4.99 Å². The fraction of sp³-hybridized carbons (Fsp3) is 0.667. The first-order chi connectivity index (χ1) is 13.6. The van der Waals surface area contributed by atoms with Gasteiger partial charge in [0.2, 0.25) is 0 Å². The van der Waals surface area contributed by atoms with Crippen molar-refractivity contribution in [1.82, 2.24) is 15.5 Å². The maximum Gasteiger partial charge on any atom is 0.191 e. The van der Waals surface area contributed by atoms with Crippen molar-refractivity contribution in [3.63, 3.8) is 0 Å². The molecule has 28 heavy (non-hydrogen) atoms. The lowest BCUT2D eigenvalue weighted by Gasteiger charge is -2.29. The molecule has 1 aromatic carbocycles. The van der Waals surface area contributed by atoms with E-state index in [0.29, 0.717) is 6.04 Å². The number of guanidine groups is 1. The molecule has 0 amide bonds. The number of piperidine rings is 1. The van der Waals surface area contributed by atoms with Crippen LogP contribution in [-0.4, -0.2) is 73.9 Å². The predicted octanol–water partition coefficient (Wildman–Crippen LogP) is 2.32. The highest BCUT2D eigenvalue weighted by Crippen LogP contribution is 2.23. The number of anilines is 1. The summed E-state index contributed by atoms with van der Waals surface area (Å²) in [6.45, 7) is 8.83. The smallest absolute Gasteiger partial charge is 0.191 e. The fourth-order valence-electron chi connectivity index (χ4n) is 3.93. The lowest BCUT2D eigenvalue weighted by molar-refractivity contribution is 0.0824. The predicted molar refractivity (Wildman–Crippen MR) is 117 cm³/mol. The minimum absolute atomic E-state index is 0.100. The lowest BCUT2D eigenvalue weighted by Crippen LogP contribution is -2.44. The molecule has 1 unspecified atom stereocenters. The van der Waals surface area contributed by atoms with E-state index in [-0.39, 0.29) is 6.10 Å². The van der Waals surface area contributed by atoms with Crippen LogP contribution in [-0.2, 0) is 0 Å². The van der Waals surface area contributed by atoms with Crippen LogP contribution < -0.4 is 15.5 Å². The van der Waals surface area contributed by atoms with Crippen molar-refractivity contribution >= 4 is 23.2 Å². The molecule has 1 aromatic rings. The average molecular weight is 408 g/mol. The Labute approximate surface area is 174 Å². The molecule has 2 saturated heterocycles. The Balaban J connectivity index is 1.43. The van der Waals surface area contributed by atoms with Crippen LogP contribution in [0, 0.1) is 0 Å². The van der Waals surface area contributed by atoms with Gasteiger partial charge in [0, 0.05) is 56.0 Å². The van der Waals surface area contributed by atoms with E-state index in [0.717, 1.165) is 82.5 Å². The molecule has 156 valence electrons. The van der Waals surface area contributed by atoms with Gasteiger partial charge in [0.25, 0.3) is 0 Å². The van der Waals surface area contributed by atoms with Crippen LogP contribution in [0.1, 0.15) is 32.6 Å². The topological polar surface area (TPSA) is 63.1 Å². The van der Waals surface area contributed by atoms with Gasteiger partial charge < -0.3 is 25.5 Å². The molecule has 0 saturated carbocycles. The molecule has 0 spiro atoms. The monoisotopic (exact) mass is 407 g/mol. The third kappa shape index (κ3) is 6.54. The maximum atomic E-state index is 9.60. The van der Waals surface area contributed by atoms with E-state index < -0.39 is 0 Å². The Morgan fingerprint density at radius 2 is 2.07 bits per heavy atom. The third-order valence-corrected chi connectivity index (χ3v) is 5.74. The Kier molecular flexibility index (Phi) is 8.25. The van der Waals surface area contributed by atoms with Crippen molar-refractivity contribution in [2.45, 2.75) is 44.8 Å². The number of halogens is 1. The van der Waals surface area contributed by atoms with Crippen molar-refractivity contribution in [3.05, 3.63) is 29.3 Å². The van der Waals surface area contributed by atoms with Crippen LogP contribution in [0.5, 0.6) is 0 Å². The standard InChI is InChI=1S/C21H34ClN5O/c1-2-23-21(24-10-4-11-26-12-8-20(28)9-13-26)25-18-7-14-27(16-18)19-6-3-5-17(22)15-19/h3,5-6,15,18,20,28H,2,4,7-14,16H2,1H3,(H2,23,24,25). The number of likely N-dealkylation sites (tertiary alicyclic amines) is 1. The zero-order valence-corrected chi connectivity index (χ0v) is 17.7. The van der Waals surface area contributed by atoms with Gasteiger partial charge in [-0.2, -0.15) is 0 Å². The number of hydrogen-bond acceptors (Lipinski definition) is 4. The molecule has 2 aliphatic rings. The van der Waals surface area contributed by atoms with E-state index in [1.807, 2.05) is 18.2 Å². The molecule has 1 atom stereocenters. The lowest BCUT2D eigenvalue weighted by atomic mass is 10.1. The van der Waals surface area contributed by atoms with Gasteiger partial charge in [-0.15, -0.1) is 0 Å². The molecular weight excluding hydrogens is 374 g/mol. The number of aliphatic imine (C=N–C) groups is 1. The van der Waals surface area contributed by atoms with Gasteiger partial charge in [-0.25, -0.2) is 0 Å². The molecule has 3 rings (SSSR count). The van der Waals surface area contributed by atoms with Crippen LogP contribution in [0.3, 0.4) is 0 Å². The molecule has 2 aliphatic heterocycles. The van der Waals surface area contributed by atoms with E-state index in [4.69, 9.17) is 16.6 Å². The zero-order valence-electron chi connectivity index (χ0n) is 16.9. The molecule has 6 nitrogen and oxygen atoms in total. The number of nitrogens with zero attached hydrogens (tertiary/aromatic N) is 3. The molecule has 0 aromatic heterocycles. The summed E-state index contributed by atoms with van der Waals surface area (Å²) in [5.41, 5.74) is 1.19. The molecule has 0 aliphatic carbocycles. The van der Waals surface area contributed by atoms with E-state index in [2.05, 4.69) is 33.4 Å². The number of aliphatic hydroxyl groups is 1. The van der Waals surface area contributed by atoms with Crippen molar-refractivity contribution in [1.29, 1.82) is 0 Å². The number of rotatable bonds is 7. The van der Waals surface area contributed by atoms with Gasteiger partial charge in [0.1, 0.15) is 0 Å². The van der Waals surface area contributed by atoms with Crippen molar-refractivity contribution < 1.29 is 5.11 Å². The largest absolute Gasteiger partial charge is 0.393 e. The molecule has 2 fully saturated rings. The summed E-state index contributed by atoms with van der Waals surface area (Å²) in [6.07, 6.45) is 3.84. The van der Waals surface area contributed by atoms with E-state index in [1.165, 1.54) is 5.69 Å². The molecule has 0 bridgehead atoms. The van der Waals surface area contributed by atoms with Gasteiger partial charge in [-0.05, 0) is 57.4 Å². The van der Waals surface area contributed by atoms with Crippen LogP contribution in [0.25, 0.3) is 0 Å². The number of aliphatic hydroxyl groups excluding tert-OH is 1. The minimum atomic E-state index is -0.100. The summed E-state index contributed by atoms with van der Waals surface area (Å²) in [7, 11) is 0. The Morgan fingerprint density at radius 1 is 1.25 bits per heavy atom. The van der Waals surface area contributed by atoms with Crippen molar-refractivity contribution in [2.75, 3.05) is 50.7 Å². The van der Waals surface area contributed by atoms with Crippen molar-refractivity contribution in [3.8, 4) is 0 Å². The van der Waals surface area contributed by atoms with Crippen LogP contribution >= 0.6 is 11.6 Å². The highest BCUT2D eigenvalue weighted by Gasteiger charge is 2.23. The maximum absolute atomic E-state index is 9.60. The second kappa shape index (κ2) is 10.9.